The molecule has 0 unspecified atom stereocenters. The normalized spacial score (nSPS) is 11.3. The molecular weight excluding hydrogens is 736 g/mol. The molecule has 52 heavy (non-hydrogen) atoms. The summed E-state index contributed by atoms with van der Waals surface area (Å²) in [6.45, 7) is 3.26. The number of H-pyrrole nitrogens is 2. The topological polar surface area (TPSA) is 272 Å². The molecule has 0 aliphatic carbocycles. The molecule has 0 amide bonds. The van der Waals surface area contributed by atoms with Crippen LogP contribution >= 0.6 is 0 Å². The van der Waals surface area contributed by atoms with Gasteiger partial charge in [-0.05, 0) is 50.2 Å². The summed E-state index contributed by atoms with van der Waals surface area (Å²) in [5, 5.41) is 62.2. The van der Waals surface area contributed by atoms with Gasteiger partial charge in [-0.1, -0.05) is 60.0 Å². The molecular formula is C32H25CrN10O8S. The summed E-state index contributed by atoms with van der Waals surface area (Å²) < 4.78 is 25.1. The van der Waals surface area contributed by atoms with E-state index in [-0.39, 0.29) is 50.7 Å². The fourth-order valence-corrected chi connectivity index (χ4v) is 4.99. The molecule has 6 aromatic rings. The van der Waals surface area contributed by atoms with Gasteiger partial charge >= 0.3 is 17.4 Å². The zero-order valence-corrected chi connectivity index (χ0v) is 29.0. The van der Waals surface area contributed by atoms with Gasteiger partial charge < -0.3 is 15.4 Å². The van der Waals surface area contributed by atoms with Crippen LogP contribution in [0.3, 0.4) is 0 Å². The first-order valence-corrected chi connectivity index (χ1v) is 16.1. The van der Waals surface area contributed by atoms with Crippen LogP contribution in [0.4, 0.5) is 28.4 Å². The van der Waals surface area contributed by atoms with Gasteiger partial charge in [-0.15, -0.1) is 10.2 Å². The van der Waals surface area contributed by atoms with Crippen LogP contribution in [0.15, 0.2) is 132 Å². The number of nitrogens with zero attached hydrogens (tertiary/aromatic N) is 7. The van der Waals surface area contributed by atoms with E-state index in [0.717, 1.165) is 36.4 Å². The minimum absolute atomic E-state index is 0. The maximum absolute atomic E-state index is 12.5. The maximum Gasteiger partial charge on any atom is 3.00 e. The van der Waals surface area contributed by atoms with Crippen LogP contribution in [-0.4, -0.2) is 32.9 Å². The predicted octanol–water partition coefficient (Wildman–Crippen LogP) is 5.57. The molecule has 0 fully saturated rings. The average molecular weight is 762 g/mol. The Morgan fingerprint density at radius 3 is 1.52 bits per heavy atom. The predicted molar refractivity (Wildman–Crippen MR) is 181 cm³/mol. The second kappa shape index (κ2) is 16.0. The van der Waals surface area contributed by atoms with E-state index < -0.39 is 37.6 Å². The first-order valence-electron chi connectivity index (χ1n) is 14.6. The smallest absolute Gasteiger partial charge is 0.871 e. The van der Waals surface area contributed by atoms with Gasteiger partial charge in [0.25, 0.3) is 16.8 Å². The molecule has 0 atom stereocenters. The fraction of sp³-hybridized carbons (Fsp3) is 0.0625. The van der Waals surface area contributed by atoms with Crippen molar-refractivity contribution in [3.05, 3.63) is 144 Å². The van der Waals surface area contributed by atoms with E-state index in [2.05, 4.69) is 30.7 Å². The van der Waals surface area contributed by atoms with Crippen molar-refractivity contribution in [3.8, 4) is 22.9 Å². The maximum atomic E-state index is 12.5. The number of nitro benzene ring substituents is 1. The van der Waals surface area contributed by atoms with E-state index in [1.54, 1.807) is 62.4 Å². The van der Waals surface area contributed by atoms with Crippen molar-refractivity contribution < 1.29 is 40.9 Å². The molecule has 6 rings (SSSR count). The number of non-ortho nitro benzene ring substituents is 1. The Hall–Kier alpha value is -6.46. The van der Waals surface area contributed by atoms with Crippen LogP contribution in [0.2, 0.25) is 0 Å². The van der Waals surface area contributed by atoms with E-state index in [1.165, 1.54) is 9.36 Å². The number of aryl methyl sites for hydroxylation is 2. The monoisotopic (exact) mass is 761 g/mol. The Morgan fingerprint density at radius 2 is 1.10 bits per heavy atom. The molecule has 2 heterocycles. The SMILES string of the molecule is Cc1[nH]n(-c2ccccc2)c(=O)c1N=Nc1cc(S([NH-])(=O)=O)ccc1[O-].Cc1[nH]n(-c2ccccc2)c(=O)c1N=Nc1cc([N+](=O)[O-])ccc1[O-].[Cr+3]. The molecule has 0 aliphatic rings. The van der Waals surface area contributed by atoms with Gasteiger partial charge in [0.05, 0.1) is 54.0 Å². The second-order valence-corrected chi connectivity index (χ2v) is 12.0. The van der Waals surface area contributed by atoms with Gasteiger partial charge in [0, 0.05) is 12.1 Å². The molecule has 0 aliphatic heterocycles. The zero-order chi connectivity index (χ0) is 36.9. The zero-order valence-electron chi connectivity index (χ0n) is 27.0. The molecule has 0 bridgehead atoms. The number of benzene rings is 4. The van der Waals surface area contributed by atoms with Gasteiger partial charge in [-0.25, -0.2) is 17.8 Å². The third kappa shape index (κ3) is 8.63. The Bertz CT molecular complexity index is 2530. The van der Waals surface area contributed by atoms with Crippen LogP contribution in [0.1, 0.15) is 11.4 Å². The number of aromatic amines is 2. The first-order chi connectivity index (χ1) is 24.2. The third-order valence-electron chi connectivity index (χ3n) is 7.02. The number of nitrogens with one attached hydrogen (secondary N) is 3. The molecule has 0 spiro atoms. The van der Waals surface area contributed by atoms with Crippen molar-refractivity contribution in [1.82, 2.24) is 19.6 Å². The van der Waals surface area contributed by atoms with Gasteiger partial charge in [0.2, 0.25) is 0 Å². The standard InChI is InChI=1S/C16H15N5O4S.C16H13N5O4.Cr/c1-10-15(16(23)21(20-10)11-5-3-2-4-6-11)19-18-13-9-12(26(17,24)25)7-8-14(13)22;1-10-15(16(23)20(19-10)11-5-3-2-4-6-11)18-17-13-9-12(21(24)25)7-8-14(13)22;/h2-9H,1H3,(H4,17,18,19,20,22,23,24,25);2-9,19,22H,1H3;/q;;+3/p-3. The molecule has 1 radical (unpaired) electrons. The molecule has 263 valence electrons. The van der Waals surface area contributed by atoms with Crippen molar-refractivity contribution >= 4 is 38.5 Å². The van der Waals surface area contributed by atoms with Crippen molar-refractivity contribution in [2.45, 2.75) is 18.7 Å². The van der Waals surface area contributed by atoms with Gasteiger partial charge in [-0.3, -0.25) is 29.9 Å². The number of para-hydroxylation sites is 2. The number of azo groups is 2. The van der Waals surface area contributed by atoms with Crippen LogP contribution in [0.5, 0.6) is 11.5 Å². The van der Waals surface area contributed by atoms with E-state index in [0.29, 0.717) is 22.8 Å². The Morgan fingerprint density at radius 1 is 0.673 bits per heavy atom. The Labute approximate surface area is 304 Å². The summed E-state index contributed by atoms with van der Waals surface area (Å²) in [6, 6.07) is 23.8. The van der Waals surface area contributed by atoms with Crippen LogP contribution in [0, 0.1) is 24.0 Å². The Balaban J connectivity index is 0.000000228. The van der Waals surface area contributed by atoms with Crippen LogP contribution < -0.4 is 21.3 Å². The summed E-state index contributed by atoms with van der Waals surface area (Å²) in [5.74, 6) is -1.09. The van der Waals surface area contributed by atoms with Crippen molar-refractivity contribution in [2.24, 2.45) is 20.5 Å². The van der Waals surface area contributed by atoms with Gasteiger partial charge in [-0.2, -0.15) is 10.2 Å². The number of rotatable bonds is 8. The number of sulfonamides is 1. The van der Waals surface area contributed by atoms with E-state index in [1.807, 2.05) is 12.1 Å². The number of hydrogen-bond donors (Lipinski definition) is 2. The third-order valence-corrected chi connectivity index (χ3v) is 7.89. The van der Waals surface area contributed by atoms with E-state index >= 15 is 0 Å². The van der Waals surface area contributed by atoms with Crippen LogP contribution in [-0.2, 0) is 27.4 Å². The molecule has 4 aromatic carbocycles. The average Bonchev–Trinajstić information content (AvgIpc) is 3.56. The quantitative estimate of drug-likeness (QED) is 0.112. The summed E-state index contributed by atoms with van der Waals surface area (Å²) in [7, 11) is -4.24. The molecule has 0 saturated carbocycles. The van der Waals surface area contributed by atoms with Crippen molar-refractivity contribution in [2.75, 3.05) is 0 Å². The minimum atomic E-state index is -4.24. The number of nitro groups is 1. The molecule has 2 aromatic heterocycles. The van der Waals surface area contributed by atoms with Gasteiger partial charge in [0.15, 0.2) is 11.4 Å². The van der Waals surface area contributed by atoms with E-state index in [4.69, 9.17) is 5.14 Å². The minimum Gasteiger partial charge on any atom is -0.871 e. The number of hydrogen-bond acceptors (Lipinski definition) is 12. The summed E-state index contributed by atoms with van der Waals surface area (Å²) in [5.41, 5.74) is 0.466. The second-order valence-electron chi connectivity index (χ2n) is 10.6. The van der Waals surface area contributed by atoms with Crippen LogP contribution in [0.25, 0.3) is 16.5 Å². The summed E-state index contributed by atoms with van der Waals surface area (Å²) in [4.78, 5) is 34.7. The first kappa shape index (κ1) is 38.3. The van der Waals surface area contributed by atoms with E-state index in [9.17, 15) is 38.3 Å². The molecule has 18 nitrogen and oxygen atoms in total. The number of aromatic nitrogens is 4. The fourth-order valence-electron chi connectivity index (χ4n) is 4.48. The van der Waals surface area contributed by atoms with Gasteiger partial charge in [0.1, 0.15) is 0 Å². The Kier molecular flexibility index (Phi) is 11.8. The summed E-state index contributed by atoms with van der Waals surface area (Å²) >= 11 is 0. The molecule has 20 heteroatoms. The summed E-state index contributed by atoms with van der Waals surface area (Å²) in [6.07, 6.45) is 0. The molecule has 0 saturated heterocycles. The van der Waals surface area contributed by atoms with Crippen molar-refractivity contribution in [3.63, 3.8) is 0 Å². The van der Waals surface area contributed by atoms with Crippen molar-refractivity contribution in [1.29, 1.82) is 0 Å². The largest absolute Gasteiger partial charge is 3.00 e. The molecule has 3 N–H and O–H groups in total.